The molecule has 6 heteroatoms. The molecule has 1 fully saturated rings. The van der Waals surface area contributed by atoms with Crippen molar-refractivity contribution in [2.45, 2.75) is 37.9 Å². The van der Waals surface area contributed by atoms with Crippen molar-refractivity contribution in [2.24, 2.45) is 0 Å². The van der Waals surface area contributed by atoms with Crippen LogP contribution in [0.2, 0.25) is 0 Å². The molecule has 2 atom stereocenters. The summed E-state index contributed by atoms with van der Waals surface area (Å²) < 4.78 is 27.3. The first-order valence-corrected chi connectivity index (χ1v) is 10.2. The highest BCUT2D eigenvalue weighted by Crippen LogP contribution is 2.41. The normalized spacial score (nSPS) is 24.4. The van der Waals surface area contributed by atoms with Crippen LogP contribution in [0.3, 0.4) is 0 Å². The molecule has 0 radical (unpaired) electrons. The minimum Gasteiger partial charge on any atom is -0.361 e. The molecule has 30 heavy (non-hydrogen) atoms. The number of piperidine rings is 1. The molecular formula is C24H23F2N3O. The van der Waals surface area contributed by atoms with Gasteiger partial charge in [-0.1, -0.05) is 12.1 Å². The number of aromatic amines is 1. The second-order valence-corrected chi connectivity index (χ2v) is 8.37. The Kier molecular flexibility index (Phi) is 4.47. The number of H-pyrrole nitrogens is 1. The molecule has 5 rings (SSSR count). The third-order valence-corrected chi connectivity index (χ3v) is 6.48. The lowest BCUT2D eigenvalue weighted by Gasteiger charge is -2.47. The molecule has 4 nitrogen and oxygen atoms in total. The van der Waals surface area contributed by atoms with Crippen molar-refractivity contribution in [1.29, 1.82) is 0 Å². The van der Waals surface area contributed by atoms with Crippen molar-refractivity contribution in [2.75, 3.05) is 11.4 Å². The van der Waals surface area contributed by atoms with Crippen molar-refractivity contribution in [3.8, 4) is 0 Å². The van der Waals surface area contributed by atoms with Gasteiger partial charge >= 0.3 is 0 Å². The number of benzene rings is 2. The van der Waals surface area contributed by atoms with Gasteiger partial charge in [0, 0.05) is 48.0 Å². The molecule has 2 aromatic carbocycles. The van der Waals surface area contributed by atoms with E-state index in [1.165, 1.54) is 24.3 Å². The van der Waals surface area contributed by atoms with Crippen LogP contribution in [0.4, 0.5) is 14.5 Å². The van der Waals surface area contributed by atoms with Gasteiger partial charge in [0.25, 0.3) is 5.91 Å². The molecular weight excluding hydrogens is 384 g/mol. The van der Waals surface area contributed by atoms with E-state index in [9.17, 15) is 13.6 Å². The lowest BCUT2D eigenvalue weighted by molar-refractivity contribution is -0.114. The van der Waals surface area contributed by atoms with Crippen LogP contribution in [0, 0.1) is 11.6 Å². The zero-order chi connectivity index (χ0) is 20.9. The molecule has 3 aromatic rings. The molecule has 0 bridgehead atoms. The summed E-state index contributed by atoms with van der Waals surface area (Å²) in [6, 6.07) is 11.3. The Morgan fingerprint density at radius 3 is 2.80 bits per heavy atom. The van der Waals surface area contributed by atoms with Crippen LogP contribution in [0.1, 0.15) is 25.3 Å². The molecule has 1 aromatic heterocycles. The number of carbonyl (C=O) groups is 1. The quantitative estimate of drug-likeness (QED) is 0.679. The summed E-state index contributed by atoms with van der Waals surface area (Å²) in [5.41, 5.74) is 2.11. The fourth-order valence-corrected chi connectivity index (χ4v) is 4.99. The number of hydrogen-bond acceptors (Lipinski definition) is 2. The van der Waals surface area contributed by atoms with E-state index in [4.69, 9.17) is 0 Å². The monoisotopic (exact) mass is 407 g/mol. The number of carbonyl (C=O) groups excluding carboxylic acids is 1. The van der Waals surface area contributed by atoms with Crippen molar-refractivity contribution < 1.29 is 13.6 Å². The van der Waals surface area contributed by atoms with Crippen molar-refractivity contribution >= 4 is 22.5 Å². The smallest absolute Gasteiger partial charge is 0.251 e. The van der Waals surface area contributed by atoms with Crippen LogP contribution in [-0.4, -0.2) is 33.9 Å². The van der Waals surface area contributed by atoms with Crippen molar-refractivity contribution in [3.63, 3.8) is 0 Å². The van der Waals surface area contributed by atoms with Gasteiger partial charge in [-0.05, 0) is 61.7 Å². The summed E-state index contributed by atoms with van der Waals surface area (Å²) in [6.45, 7) is 3.72. The predicted octanol–water partition coefficient (Wildman–Crippen LogP) is 4.77. The summed E-state index contributed by atoms with van der Waals surface area (Å²) >= 11 is 0. The van der Waals surface area contributed by atoms with Crippen LogP contribution in [0.5, 0.6) is 0 Å². The zero-order valence-corrected chi connectivity index (χ0v) is 16.7. The number of hydrogen-bond donors (Lipinski definition) is 1. The van der Waals surface area contributed by atoms with E-state index >= 15 is 0 Å². The topological polar surface area (TPSA) is 39.3 Å². The summed E-state index contributed by atoms with van der Waals surface area (Å²) in [5, 5.41) is 1.03. The summed E-state index contributed by atoms with van der Waals surface area (Å²) in [6.07, 6.45) is 7.08. The highest BCUT2D eigenvalue weighted by Gasteiger charge is 2.46. The van der Waals surface area contributed by atoms with Gasteiger partial charge in [0.2, 0.25) is 0 Å². The van der Waals surface area contributed by atoms with Crippen LogP contribution in [0.25, 0.3) is 10.9 Å². The lowest BCUT2D eigenvalue weighted by Crippen LogP contribution is -2.56. The molecule has 1 amide bonds. The van der Waals surface area contributed by atoms with E-state index in [2.05, 4.69) is 16.8 Å². The molecule has 1 N–H and O–H groups in total. The average molecular weight is 407 g/mol. The highest BCUT2D eigenvalue weighted by atomic mass is 19.1. The zero-order valence-electron chi connectivity index (χ0n) is 16.7. The fraction of sp³-hybridized carbons (Fsp3) is 0.292. The standard InChI is InChI=1S/C24H23F2N3O/c1-16-13-24(8-7-23(30)29(24)20-4-2-3-18(25)11-20)9-10-28(16)15-17-14-27-22-12-19(26)5-6-21(17)22/h2-8,11-12,14,16,27H,9-10,13,15H2,1H3. The lowest BCUT2D eigenvalue weighted by atomic mass is 9.82. The van der Waals surface area contributed by atoms with Gasteiger partial charge in [-0.25, -0.2) is 8.78 Å². The van der Waals surface area contributed by atoms with Crippen LogP contribution >= 0.6 is 0 Å². The Morgan fingerprint density at radius 2 is 2.00 bits per heavy atom. The highest BCUT2D eigenvalue weighted by molar-refractivity contribution is 6.06. The van der Waals surface area contributed by atoms with E-state index in [0.29, 0.717) is 5.69 Å². The molecule has 0 aliphatic carbocycles. The summed E-state index contributed by atoms with van der Waals surface area (Å²) in [5.74, 6) is -0.692. The van der Waals surface area contributed by atoms with E-state index in [1.54, 1.807) is 23.1 Å². The molecule has 1 saturated heterocycles. The summed E-state index contributed by atoms with van der Waals surface area (Å²) in [7, 11) is 0. The molecule has 3 heterocycles. The second-order valence-electron chi connectivity index (χ2n) is 8.37. The van der Waals surface area contributed by atoms with Gasteiger partial charge in [0.05, 0.1) is 5.54 Å². The maximum Gasteiger partial charge on any atom is 0.251 e. The number of fused-ring (bicyclic) bond motifs is 1. The van der Waals surface area contributed by atoms with Gasteiger partial charge in [0.15, 0.2) is 0 Å². The Labute approximate surface area is 173 Å². The average Bonchev–Trinajstić information content (AvgIpc) is 3.24. The third kappa shape index (κ3) is 3.12. The number of halogens is 2. The van der Waals surface area contributed by atoms with Gasteiger partial charge < -0.3 is 4.98 Å². The number of nitrogens with one attached hydrogen (secondary N) is 1. The SMILES string of the molecule is CC1CC2(C=CC(=O)N2c2cccc(F)c2)CCN1Cc1c[nH]c2cc(F)ccc12. The molecule has 154 valence electrons. The number of likely N-dealkylation sites (tertiary alicyclic amines) is 1. The molecule has 2 aliphatic heterocycles. The van der Waals surface area contributed by atoms with E-state index in [-0.39, 0.29) is 23.6 Å². The largest absolute Gasteiger partial charge is 0.361 e. The fourth-order valence-electron chi connectivity index (χ4n) is 4.99. The third-order valence-electron chi connectivity index (χ3n) is 6.48. The van der Waals surface area contributed by atoms with Crippen LogP contribution in [-0.2, 0) is 11.3 Å². The van der Waals surface area contributed by atoms with E-state index < -0.39 is 5.54 Å². The first kappa shape index (κ1) is 19.0. The summed E-state index contributed by atoms with van der Waals surface area (Å²) in [4.78, 5) is 19.9. The van der Waals surface area contributed by atoms with Crippen molar-refractivity contribution in [3.05, 3.63) is 78.0 Å². The van der Waals surface area contributed by atoms with Gasteiger partial charge in [-0.15, -0.1) is 0 Å². The Hall–Kier alpha value is -2.99. The minimum absolute atomic E-state index is 0.0973. The van der Waals surface area contributed by atoms with Gasteiger partial charge in [-0.3, -0.25) is 14.6 Å². The first-order chi connectivity index (χ1) is 14.4. The number of nitrogens with zero attached hydrogens (tertiary/aromatic N) is 2. The number of rotatable bonds is 3. The van der Waals surface area contributed by atoms with E-state index in [0.717, 1.165) is 42.4 Å². The second kappa shape index (κ2) is 7.06. The Bertz CT molecular complexity index is 1150. The molecule has 1 spiro atoms. The minimum atomic E-state index is -0.426. The maximum atomic E-state index is 13.8. The van der Waals surface area contributed by atoms with Gasteiger partial charge in [-0.2, -0.15) is 0 Å². The first-order valence-electron chi connectivity index (χ1n) is 10.2. The number of anilines is 1. The Balaban J connectivity index is 1.38. The van der Waals surface area contributed by atoms with Crippen LogP contribution in [0.15, 0.2) is 60.8 Å². The van der Waals surface area contributed by atoms with Crippen molar-refractivity contribution in [1.82, 2.24) is 9.88 Å². The number of aromatic nitrogens is 1. The molecule has 2 unspecified atom stereocenters. The molecule has 2 aliphatic rings. The van der Waals surface area contributed by atoms with Crippen LogP contribution < -0.4 is 4.90 Å². The number of amides is 1. The predicted molar refractivity (Wildman–Crippen MR) is 113 cm³/mol. The van der Waals surface area contributed by atoms with E-state index in [1.807, 2.05) is 18.3 Å². The molecule has 0 saturated carbocycles. The Morgan fingerprint density at radius 1 is 1.17 bits per heavy atom. The van der Waals surface area contributed by atoms with Gasteiger partial charge in [0.1, 0.15) is 11.6 Å². The maximum absolute atomic E-state index is 13.8.